The fourth-order valence-corrected chi connectivity index (χ4v) is 2.57. The maximum Gasteiger partial charge on any atom is 0.221 e. The number of benzene rings is 2. The molecule has 0 aliphatic heterocycles. The Morgan fingerprint density at radius 2 is 1.96 bits per heavy atom. The summed E-state index contributed by atoms with van der Waals surface area (Å²) >= 11 is 0. The molecular formula is C21H19FO3. The van der Waals surface area contributed by atoms with Crippen LogP contribution in [0.3, 0.4) is 0 Å². The summed E-state index contributed by atoms with van der Waals surface area (Å²) in [7, 11) is 0. The Hall–Kier alpha value is -2.88. The number of halogens is 1. The first-order valence-corrected chi connectivity index (χ1v) is 8.22. The van der Waals surface area contributed by atoms with Gasteiger partial charge in [-0.1, -0.05) is 25.1 Å². The summed E-state index contributed by atoms with van der Waals surface area (Å²) in [6.07, 6.45) is 4.14. The smallest absolute Gasteiger partial charge is 0.221 e. The second kappa shape index (κ2) is 7.34. The highest BCUT2D eigenvalue weighted by Gasteiger charge is 2.15. The average Bonchev–Trinajstić information content (AvgIpc) is 2.95. The topological polar surface area (TPSA) is 39.4 Å². The molecule has 0 saturated heterocycles. The van der Waals surface area contributed by atoms with Gasteiger partial charge in [0.05, 0.1) is 6.61 Å². The Bertz CT molecular complexity index is 920. The second-order valence-electron chi connectivity index (χ2n) is 5.81. The zero-order valence-electron chi connectivity index (χ0n) is 14.2. The number of furan rings is 1. The van der Waals surface area contributed by atoms with Gasteiger partial charge in [0.2, 0.25) is 5.78 Å². The third-order valence-corrected chi connectivity index (χ3v) is 3.90. The quantitative estimate of drug-likeness (QED) is 0.436. The third-order valence-electron chi connectivity index (χ3n) is 3.90. The van der Waals surface area contributed by atoms with E-state index >= 15 is 0 Å². The van der Waals surface area contributed by atoms with Crippen molar-refractivity contribution in [1.82, 2.24) is 0 Å². The maximum absolute atomic E-state index is 13.4. The summed E-state index contributed by atoms with van der Waals surface area (Å²) in [5.74, 6) is 0.442. The van der Waals surface area contributed by atoms with Crippen LogP contribution in [0.4, 0.5) is 4.39 Å². The van der Waals surface area contributed by atoms with Crippen LogP contribution in [0.25, 0.3) is 17.0 Å². The van der Waals surface area contributed by atoms with Crippen LogP contribution in [0, 0.1) is 12.7 Å². The van der Waals surface area contributed by atoms with Crippen molar-refractivity contribution in [1.29, 1.82) is 0 Å². The van der Waals surface area contributed by atoms with Crippen molar-refractivity contribution in [2.24, 2.45) is 0 Å². The number of carbonyl (C=O) groups is 1. The Morgan fingerprint density at radius 1 is 1.20 bits per heavy atom. The van der Waals surface area contributed by atoms with E-state index in [9.17, 15) is 9.18 Å². The van der Waals surface area contributed by atoms with Gasteiger partial charge in [-0.2, -0.15) is 0 Å². The van der Waals surface area contributed by atoms with E-state index < -0.39 is 0 Å². The van der Waals surface area contributed by atoms with Gasteiger partial charge in [0, 0.05) is 10.9 Å². The highest BCUT2D eigenvalue weighted by Crippen LogP contribution is 2.26. The normalized spacial score (nSPS) is 11.3. The largest absolute Gasteiger partial charge is 0.494 e. The van der Waals surface area contributed by atoms with Crippen LogP contribution in [-0.4, -0.2) is 12.4 Å². The molecule has 0 aliphatic carbocycles. The van der Waals surface area contributed by atoms with Crippen molar-refractivity contribution >= 4 is 22.8 Å². The third kappa shape index (κ3) is 3.79. The van der Waals surface area contributed by atoms with Gasteiger partial charge < -0.3 is 9.15 Å². The molecule has 3 nitrogen and oxygen atoms in total. The van der Waals surface area contributed by atoms with Gasteiger partial charge in [-0.25, -0.2) is 4.39 Å². The van der Waals surface area contributed by atoms with Gasteiger partial charge in [-0.05, 0) is 55.3 Å². The number of ketones is 1. The predicted octanol–water partition coefficient (Wildman–Crippen LogP) is 5.57. The molecule has 128 valence electrons. The fraction of sp³-hybridized carbons (Fsp3) is 0.190. The van der Waals surface area contributed by atoms with Crippen LogP contribution in [0.15, 0.2) is 53.0 Å². The van der Waals surface area contributed by atoms with Crippen molar-refractivity contribution in [3.05, 3.63) is 71.2 Å². The van der Waals surface area contributed by atoms with E-state index in [-0.39, 0.29) is 17.4 Å². The van der Waals surface area contributed by atoms with Crippen LogP contribution >= 0.6 is 0 Å². The summed E-state index contributed by atoms with van der Waals surface area (Å²) in [6, 6.07) is 11.7. The SMILES string of the molecule is CCCOc1ccc(/C=C/C(=O)c2oc3ccc(F)cc3c2C)cc1. The van der Waals surface area contributed by atoms with Gasteiger partial charge >= 0.3 is 0 Å². The van der Waals surface area contributed by atoms with Crippen molar-refractivity contribution in [2.75, 3.05) is 6.61 Å². The predicted molar refractivity (Wildman–Crippen MR) is 96.5 cm³/mol. The standard InChI is InChI=1S/C21H19FO3/c1-3-12-24-17-8-4-15(5-9-17)6-10-19(23)21-14(2)18-13-16(22)7-11-20(18)25-21/h4-11,13H,3,12H2,1-2H3/b10-6+. The number of hydrogen-bond donors (Lipinski definition) is 0. The number of fused-ring (bicyclic) bond motifs is 1. The van der Waals surface area contributed by atoms with Gasteiger partial charge in [0.25, 0.3) is 0 Å². The Morgan fingerprint density at radius 3 is 2.68 bits per heavy atom. The average molecular weight is 338 g/mol. The molecule has 0 radical (unpaired) electrons. The minimum atomic E-state index is -0.351. The number of ether oxygens (including phenoxy) is 1. The summed E-state index contributed by atoms with van der Waals surface area (Å²) in [4.78, 5) is 12.4. The van der Waals surface area contributed by atoms with E-state index in [4.69, 9.17) is 9.15 Å². The summed E-state index contributed by atoms with van der Waals surface area (Å²) in [5, 5.41) is 0.620. The number of rotatable bonds is 6. The lowest BCUT2D eigenvalue weighted by Crippen LogP contribution is -1.95. The van der Waals surface area contributed by atoms with Crippen LogP contribution in [-0.2, 0) is 0 Å². The Balaban J connectivity index is 1.77. The highest BCUT2D eigenvalue weighted by molar-refractivity contribution is 6.08. The van der Waals surface area contributed by atoms with Crippen molar-refractivity contribution in [2.45, 2.75) is 20.3 Å². The van der Waals surface area contributed by atoms with Gasteiger partial charge in [-0.3, -0.25) is 4.79 Å². The van der Waals surface area contributed by atoms with Gasteiger partial charge in [0.15, 0.2) is 5.76 Å². The molecule has 3 rings (SSSR count). The zero-order valence-corrected chi connectivity index (χ0v) is 14.2. The summed E-state index contributed by atoms with van der Waals surface area (Å²) in [6.45, 7) is 4.49. The maximum atomic E-state index is 13.4. The van der Waals surface area contributed by atoms with Crippen molar-refractivity contribution in [3.63, 3.8) is 0 Å². The molecule has 1 heterocycles. The van der Waals surface area contributed by atoms with Crippen LogP contribution in [0.2, 0.25) is 0 Å². The molecule has 0 N–H and O–H groups in total. The molecule has 0 atom stereocenters. The van der Waals surface area contributed by atoms with Crippen LogP contribution < -0.4 is 4.74 Å². The molecule has 0 fully saturated rings. The summed E-state index contributed by atoms with van der Waals surface area (Å²) in [5.41, 5.74) is 2.04. The molecular weight excluding hydrogens is 319 g/mol. The fourth-order valence-electron chi connectivity index (χ4n) is 2.57. The lowest BCUT2D eigenvalue weighted by atomic mass is 10.1. The first kappa shape index (κ1) is 17.0. The number of allylic oxidation sites excluding steroid dienone is 1. The molecule has 4 heteroatoms. The van der Waals surface area contributed by atoms with Gasteiger partial charge in [0.1, 0.15) is 17.1 Å². The molecule has 2 aromatic carbocycles. The molecule has 0 aliphatic rings. The highest BCUT2D eigenvalue weighted by atomic mass is 19.1. The first-order chi connectivity index (χ1) is 12.1. The van der Waals surface area contributed by atoms with E-state index in [0.29, 0.717) is 23.1 Å². The lowest BCUT2D eigenvalue weighted by Gasteiger charge is -2.03. The van der Waals surface area contributed by atoms with E-state index in [1.54, 1.807) is 13.0 Å². The molecule has 0 spiro atoms. The molecule has 3 aromatic rings. The molecule has 0 bridgehead atoms. The van der Waals surface area contributed by atoms with Crippen molar-refractivity contribution < 1.29 is 18.3 Å². The lowest BCUT2D eigenvalue weighted by molar-refractivity contribution is 0.102. The minimum absolute atomic E-state index is 0.236. The number of carbonyl (C=O) groups excluding carboxylic acids is 1. The summed E-state index contributed by atoms with van der Waals surface area (Å²) < 4.78 is 24.5. The molecule has 0 saturated carbocycles. The van der Waals surface area contributed by atoms with Crippen molar-refractivity contribution in [3.8, 4) is 5.75 Å². The van der Waals surface area contributed by atoms with Gasteiger partial charge in [-0.15, -0.1) is 0 Å². The molecule has 1 aromatic heterocycles. The molecule has 0 unspecified atom stereocenters. The van der Waals surface area contributed by atoms with E-state index in [2.05, 4.69) is 6.92 Å². The second-order valence-corrected chi connectivity index (χ2v) is 5.81. The van der Waals surface area contributed by atoms with E-state index in [0.717, 1.165) is 17.7 Å². The zero-order chi connectivity index (χ0) is 17.8. The molecule has 0 amide bonds. The number of hydrogen-bond acceptors (Lipinski definition) is 3. The van der Waals surface area contributed by atoms with E-state index in [1.165, 1.54) is 24.3 Å². The molecule has 25 heavy (non-hydrogen) atoms. The van der Waals surface area contributed by atoms with E-state index in [1.807, 2.05) is 24.3 Å². The minimum Gasteiger partial charge on any atom is -0.494 e. The monoisotopic (exact) mass is 338 g/mol. The Labute approximate surface area is 145 Å². The van der Waals surface area contributed by atoms with Crippen LogP contribution in [0.1, 0.15) is 35.0 Å². The van der Waals surface area contributed by atoms with Crippen LogP contribution in [0.5, 0.6) is 5.75 Å². The number of aryl methyl sites for hydroxylation is 1. The first-order valence-electron chi connectivity index (χ1n) is 8.22. The Kier molecular flexibility index (Phi) is 4.98.